The summed E-state index contributed by atoms with van der Waals surface area (Å²) in [7, 11) is 0. The molecule has 7 aromatic carbocycles. The van der Waals surface area contributed by atoms with E-state index in [2.05, 4.69) is 126 Å². The number of nitrogens with zero attached hydrogens (tertiary/aromatic N) is 4. The highest BCUT2D eigenvalue weighted by molar-refractivity contribution is 6.10. The molecule has 9 aromatic rings. The van der Waals surface area contributed by atoms with Crippen LogP contribution < -0.4 is 0 Å². The second-order valence-corrected chi connectivity index (χ2v) is 12.1. The van der Waals surface area contributed by atoms with E-state index in [1.54, 1.807) is 0 Å². The van der Waals surface area contributed by atoms with Crippen molar-refractivity contribution in [2.45, 2.75) is 0 Å². The molecule has 0 amide bonds. The molecule has 9 rings (SSSR count). The summed E-state index contributed by atoms with van der Waals surface area (Å²) < 4.78 is 2.41. The Morgan fingerprint density at radius 1 is 0.306 bits per heavy atom. The van der Waals surface area contributed by atoms with Gasteiger partial charge in [0.15, 0.2) is 17.5 Å². The second-order valence-electron chi connectivity index (χ2n) is 12.1. The van der Waals surface area contributed by atoms with Crippen molar-refractivity contribution in [2.24, 2.45) is 0 Å². The molecular formula is C45H30N4. The fourth-order valence-corrected chi connectivity index (χ4v) is 6.72. The van der Waals surface area contributed by atoms with Gasteiger partial charge in [-0.2, -0.15) is 0 Å². The average Bonchev–Trinajstić information content (AvgIpc) is 3.52. The molecule has 0 unspecified atom stereocenters. The van der Waals surface area contributed by atoms with Crippen molar-refractivity contribution >= 4 is 21.8 Å². The lowest BCUT2D eigenvalue weighted by Crippen LogP contribution is -2.00. The van der Waals surface area contributed by atoms with Gasteiger partial charge in [0.05, 0.1) is 16.7 Å². The molecule has 0 aliphatic carbocycles. The molecule has 0 fully saturated rings. The first-order valence-corrected chi connectivity index (χ1v) is 16.5. The van der Waals surface area contributed by atoms with Crippen molar-refractivity contribution in [2.75, 3.05) is 0 Å². The summed E-state index contributed by atoms with van der Waals surface area (Å²) in [5.41, 5.74) is 10.9. The van der Waals surface area contributed by atoms with Crippen molar-refractivity contribution in [3.63, 3.8) is 0 Å². The number of fused-ring (bicyclic) bond motifs is 3. The van der Waals surface area contributed by atoms with E-state index in [0.29, 0.717) is 17.5 Å². The van der Waals surface area contributed by atoms with Gasteiger partial charge < -0.3 is 4.57 Å². The number of para-hydroxylation sites is 2. The topological polar surface area (TPSA) is 43.6 Å². The fourth-order valence-electron chi connectivity index (χ4n) is 6.72. The number of rotatable bonds is 6. The summed E-state index contributed by atoms with van der Waals surface area (Å²) in [6, 6.07) is 63.4. The molecule has 4 nitrogen and oxygen atoms in total. The summed E-state index contributed by atoms with van der Waals surface area (Å²) >= 11 is 0. The smallest absolute Gasteiger partial charge is 0.164 e. The molecule has 0 N–H and O–H groups in total. The molecule has 230 valence electrons. The van der Waals surface area contributed by atoms with Gasteiger partial charge in [-0.15, -0.1) is 0 Å². The summed E-state index contributed by atoms with van der Waals surface area (Å²) in [5.74, 6) is 1.93. The monoisotopic (exact) mass is 626 g/mol. The highest BCUT2D eigenvalue weighted by Gasteiger charge is 2.18. The van der Waals surface area contributed by atoms with E-state index < -0.39 is 0 Å². The molecule has 2 heterocycles. The highest BCUT2D eigenvalue weighted by Crippen LogP contribution is 2.38. The van der Waals surface area contributed by atoms with Crippen LogP contribution in [-0.4, -0.2) is 19.5 Å². The third kappa shape index (κ3) is 5.26. The first-order valence-electron chi connectivity index (χ1n) is 16.5. The van der Waals surface area contributed by atoms with Crippen LogP contribution in [-0.2, 0) is 0 Å². The van der Waals surface area contributed by atoms with Crippen LogP contribution in [0.4, 0.5) is 0 Å². The first kappa shape index (κ1) is 28.6. The van der Waals surface area contributed by atoms with E-state index in [-0.39, 0.29) is 0 Å². The summed E-state index contributed by atoms with van der Waals surface area (Å²) in [6.07, 6.45) is 0. The first-order chi connectivity index (χ1) is 24.3. The van der Waals surface area contributed by atoms with Crippen LogP contribution in [0.2, 0.25) is 0 Å². The van der Waals surface area contributed by atoms with Gasteiger partial charge >= 0.3 is 0 Å². The zero-order valence-electron chi connectivity index (χ0n) is 26.6. The van der Waals surface area contributed by atoms with E-state index in [1.165, 1.54) is 32.9 Å². The zero-order valence-corrected chi connectivity index (χ0v) is 26.6. The predicted molar refractivity (Wildman–Crippen MR) is 201 cm³/mol. The maximum atomic E-state index is 5.00. The molecule has 0 spiro atoms. The van der Waals surface area contributed by atoms with Crippen LogP contribution in [0.1, 0.15) is 0 Å². The lowest BCUT2D eigenvalue weighted by atomic mass is 10.0. The molecule has 0 radical (unpaired) electrons. The van der Waals surface area contributed by atoms with Crippen LogP contribution in [0.5, 0.6) is 0 Å². The SMILES string of the molecule is c1ccc(-c2ccc3c4ccccc4n(-c4ccccc4-c4cccc(-c5nc(-c6ccccc6)nc(-c6ccccc6)n5)c4)c3c2)cc1. The Hall–Kier alpha value is -6.65. The van der Waals surface area contributed by atoms with Crippen LogP contribution >= 0.6 is 0 Å². The molecule has 0 saturated heterocycles. The van der Waals surface area contributed by atoms with Crippen molar-refractivity contribution in [3.05, 3.63) is 182 Å². The Bertz CT molecular complexity index is 2530. The minimum absolute atomic E-state index is 0.636. The van der Waals surface area contributed by atoms with Gasteiger partial charge in [0.1, 0.15) is 0 Å². The Balaban J connectivity index is 1.22. The fraction of sp³-hybridized carbons (Fsp3) is 0. The van der Waals surface area contributed by atoms with E-state index in [9.17, 15) is 0 Å². The van der Waals surface area contributed by atoms with Gasteiger partial charge in [-0.3, -0.25) is 0 Å². The lowest BCUT2D eigenvalue weighted by molar-refractivity contribution is 1.07. The molecule has 0 atom stereocenters. The average molecular weight is 627 g/mol. The summed E-state index contributed by atoms with van der Waals surface area (Å²) in [4.78, 5) is 14.9. The van der Waals surface area contributed by atoms with Crippen molar-refractivity contribution in [1.82, 2.24) is 19.5 Å². The minimum atomic E-state index is 0.636. The summed E-state index contributed by atoms with van der Waals surface area (Å²) in [5, 5.41) is 2.46. The van der Waals surface area contributed by atoms with Gasteiger partial charge in [-0.25, -0.2) is 15.0 Å². The third-order valence-corrected chi connectivity index (χ3v) is 9.06. The maximum absolute atomic E-state index is 5.00. The third-order valence-electron chi connectivity index (χ3n) is 9.06. The maximum Gasteiger partial charge on any atom is 0.164 e. The summed E-state index contributed by atoms with van der Waals surface area (Å²) in [6.45, 7) is 0. The van der Waals surface area contributed by atoms with E-state index in [0.717, 1.165) is 33.5 Å². The van der Waals surface area contributed by atoms with E-state index in [4.69, 9.17) is 15.0 Å². The Kier molecular flexibility index (Phi) is 7.10. The van der Waals surface area contributed by atoms with Crippen LogP contribution in [0, 0.1) is 0 Å². The predicted octanol–water partition coefficient (Wildman–Crippen LogP) is 11.3. The Morgan fingerprint density at radius 3 is 1.51 bits per heavy atom. The number of hydrogen-bond acceptors (Lipinski definition) is 3. The molecule has 0 aliphatic heterocycles. The van der Waals surface area contributed by atoms with E-state index in [1.807, 2.05) is 60.7 Å². The Labute approximate surface area is 284 Å². The number of benzene rings is 7. The van der Waals surface area contributed by atoms with Crippen molar-refractivity contribution < 1.29 is 0 Å². The van der Waals surface area contributed by atoms with Crippen molar-refractivity contribution in [1.29, 1.82) is 0 Å². The quantitative estimate of drug-likeness (QED) is 0.184. The molecule has 49 heavy (non-hydrogen) atoms. The lowest BCUT2D eigenvalue weighted by Gasteiger charge is -2.15. The molecule has 0 bridgehead atoms. The molecule has 0 saturated carbocycles. The number of aromatic nitrogens is 4. The van der Waals surface area contributed by atoms with Gasteiger partial charge in [0.2, 0.25) is 0 Å². The zero-order chi connectivity index (χ0) is 32.6. The molecule has 0 aliphatic rings. The van der Waals surface area contributed by atoms with Crippen molar-refractivity contribution in [3.8, 4) is 62.1 Å². The van der Waals surface area contributed by atoms with Crippen LogP contribution in [0.15, 0.2) is 182 Å². The second kappa shape index (κ2) is 12.2. The minimum Gasteiger partial charge on any atom is -0.309 e. The van der Waals surface area contributed by atoms with Gasteiger partial charge in [-0.1, -0.05) is 158 Å². The van der Waals surface area contributed by atoms with Gasteiger partial charge in [-0.05, 0) is 41.0 Å². The Morgan fingerprint density at radius 2 is 0.816 bits per heavy atom. The standard InChI is InChI=1S/C45H30N4/c1-4-15-31(16-5-1)34-27-28-39-38-24-11-13-26-41(38)49(42(39)30-34)40-25-12-10-23-37(40)35-21-14-22-36(29-35)45-47-43(32-17-6-2-7-18-32)46-44(48-45)33-19-8-3-9-20-33/h1-30H. The molecule has 2 aromatic heterocycles. The largest absolute Gasteiger partial charge is 0.309 e. The van der Waals surface area contributed by atoms with Crippen LogP contribution in [0.3, 0.4) is 0 Å². The molecule has 4 heteroatoms. The number of hydrogen-bond donors (Lipinski definition) is 0. The van der Waals surface area contributed by atoms with Gasteiger partial charge in [0, 0.05) is 33.0 Å². The van der Waals surface area contributed by atoms with E-state index >= 15 is 0 Å². The molecular weight excluding hydrogens is 597 g/mol. The van der Waals surface area contributed by atoms with Gasteiger partial charge in [0.25, 0.3) is 0 Å². The normalized spacial score (nSPS) is 11.3. The highest BCUT2D eigenvalue weighted by atomic mass is 15.0. The van der Waals surface area contributed by atoms with Crippen LogP contribution in [0.25, 0.3) is 83.9 Å².